The highest BCUT2D eigenvalue weighted by Gasteiger charge is 2.25. The fraction of sp³-hybridized carbons (Fsp3) is 0.286. The minimum Gasteiger partial charge on any atom is -0.493 e. The van der Waals surface area contributed by atoms with Gasteiger partial charge in [-0.1, -0.05) is 42.5 Å². The molecule has 1 amide bonds. The molecule has 26 heavy (non-hydrogen) atoms. The Morgan fingerprint density at radius 3 is 2.54 bits per heavy atom. The molecule has 3 aromatic rings. The standard InChI is InChI=1S/C21H22N2O3/c1-25-18-9-5-8-17-14-19(26-20(17)18)21(24)23-12-10-22(11-13-23)15-16-6-3-2-4-7-16/h2-9,14H,10-13,15H2,1H3. The van der Waals surface area contributed by atoms with Crippen LogP contribution in [0.4, 0.5) is 0 Å². The number of para-hydroxylation sites is 1. The van der Waals surface area contributed by atoms with E-state index in [4.69, 9.17) is 9.15 Å². The molecule has 134 valence electrons. The summed E-state index contributed by atoms with van der Waals surface area (Å²) in [5, 5.41) is 0.885. The first kappa shape index (κ1) is 16.7. The number of piperazine rings is 1. The molecule has 0 saturated carbocycles. The van der Waals surface area contributed by atoms with E-state index in [1.54, 1.807) is 13.2 Å². The van der Waals surface area contributed by atoms with Gasteiger partial charge in [0.1, 0.15) is 0 Å². The zero-order valence-electron chi connectivity index (χ0n) is 14.9. The van der Waals surface area contributed by atoms with Gasteiger partial charge >= 0.3 is 0 Å². The van der Waals surface area contributed by atoms with Crippen molar-refractivity contribution in [3.8, 4) is 5.75 Å². The maximum absolute atomic E-state index is 12.8. The zero-order chi connectivity index (χ0) is 17.9. The summed E-state index contributed by atoms with van der Waals surface area (Å²) in [6.07, 6.45) is 0. The topological polar surface area (TPSA) is 45.9 Å². The molecule has 1 saturated heterocycles. The smallest absolute Gasteiger partial charge is 0.289 e. The largest absolute Gasteiger partial charge is 0.493 e. The van der Waals surface area contributed by atoms with Crippen LogP contribution in [0.5, 0.6) is 5.75 Å². The maximum Gasteiger partial charge on any atom is 0.289 e. The molecule has 1 aliphatic rings. The number of carbonyl (C=O) groups excluding carboxylic acids is 1. The summed E-state index contributed by atoms with van der Waals surface area (Å²) in [6.45, 7) is 4.07. The van der Waals surface area contributed by atoms with Gasteiger partial charge in [0, 0.05) is 38.1 Å². The SMILES string of the molecule is COc1cccc2cc(C(=O)N3CCN(Cc4ccccc4)CC3)oc12. The molecule has 1 aliphatic heterocycles. The highest BCUT2D eigenvalue weighted by molar-refractivity contribution is 5.97. The number of benzene rings is 2. The number of carbonyl (C=O) groups is 1. The number of nitrogens with zero attached hydrogens (tertiary/aromatic N) is 2. The van der Waals surface area contributed by atoms with Crippen LogP contribution in [-0.2, 0) is 6.54 Å². The van der Waals surface area contributed by atoms with Crippen molar-refractivity contribution in [3.05, 3.63) is 65.9 Å². The van der Waals surface area contributed by atoms with Crippen LogP contribution in [0, 0.1) is 0 Å². The van der Waals surface area contributed by atoms with Crippen molar-refractivity contribution in [2.75, 3.05) is 33.3 Å². The average molecular weight is 350 g/mol. The van der Waals surface area contributed by atoms with Crippen molar-refractivity contribution in [1.29, 1.82) is 0 Å². The van der Waals surface area contributed by atoms with E-state index in [0.29, 0.717) is 30.2 Å². The normalized spacial score (nSPS) is 15.3. The van der Waals surface area contributed by atoms with Crippen LogP contribution < -0.4 is 4.74 Å². The first-order valence-electron chi connectivity index (χ1n) is 8.87. The van der Waals surface area contributed by atoms with E-state index in [2.05, 4.69) is 29.2 Å². The summed E-state index contributed by atoms with van der Waals surface area (Å²) >= 11 is 0. The quantitative estimate of drug-likeness (QED) is 0.723. The third kappa shape index (κ3) is 3.30. The Hall–Kier alpha value is -2.79. The summed E-state index contributed by atoms with van der Waals surface area (Å²) in [4.78, 5) is 17.0. The number of amides is 1. The minimum absolute atomic E-state index is 0.0531. The lowest BCUT2D eigenvalue weighted by Gasteiger charge is -2.34. The van der Waals surface area contributed by atoms with Gasteiger partial charge in [-0.05, 0) is 17.7 Å². The molecule has 5 heteroatoms. The molecule has 1 aromatic heterocycles. The Balaban J connectivity index is 1.42. The molecule has 0 atom stereocenters. The van der Waals surface area contributed by atoms with Crippen molar-refractivity contribution in [1.82, 2.24) is 9.80 Å². The van der Waals surface area contributed by atoms with E-state index in [0.717, 1.165) is 25.0 Å². The van der Waals surface area contributed by atoms with Crippen LogP contribution >= 0.6 is 0 Å². The second kappa shape index (κ2) is 7.22. The molecule has 2 heterocycles. The first-order chi connectivity index (χ1) is 12.7. The van der Waals surface area contributed by atoms with Crippen molar-refractivity contribution in [2.45, 2.75) is 6.54 Å². The molecular formula is C21H22N2O3. The predicted molar refractivity (Wildman–Crippen MR) is 100 cm³/mol. The lowest BCUT2D eigenvalue weighted by Crippen LogP contribution is -2.48. The van der Waals surface area contributed by atoms with Crippen LogP contribution in [0.2, 0.25) is 0 Å². The van der Waals surface area contributed by atoms with Crippen LogP contribution in [0.1, 0.15) is 16.1 Å². The lowest BCUT2D eigenvalue weighted by molar-refractivity contribution is 0.0600. The van der Waals surface area contributed by atoms with Crippen LogP contribution in [-0.4, -0.2) is 49.0 Å². The van der Waals surface area contributed by atoms with E-state index < -0.39 is 0 Å². The molecule has 2 aromatic carbocycles. The third-order valence-electron chi connectivity index (χ3n) is 4.85. The van der Waals surface area contributed by atoms with Crippen molar-refractivity contribution < 1.29 is 13.9 Å². The van der Waals surface area contributed by atoms with Crippen molar-refractivity contribution in [2.24, 2.45) is 0 Å². The monoisotopic (exact) mass is 350 g/mol. The van der Waals surface area contributed by atoms with E-state index in [9.17, 15) is 4.79 Å². The summed E-state index contributed by atoms with van der Waals surface area (Å²) < 4.78 is 11.1. The zero-order valence-corrected chi connectivity index (χ0v) is 14.9. The highest BCUT2D eigenvalue weighted by atomic mass is 16.5. The van der Waals surface area contributed by atoms with Gasteiger partial charge in [-0.2, -0.15) is 0 Å². The van der Waals surface area contributed by atoms with E-state index >= 15 is 0 Å². The second-order valence-corrected chi connectivity index (χ2v) is 6.54. The number of ether oxygens (including phenoxy) is 1. The number of furan rings is 1. The van der Waals surface area contributed by atoms with Crippen LogP contribution in [0.15, 0.2) is 59.0 Å². The summed E-state index contributed by atoms with van der Waals surface area (Å²) in [6, 6.07) is 17.9. The Morgan fingerprint density at radius 1 is 1.04 bits per heavy atom. The van der Waals surface area contributed by atoms with Gasteiger partial charge in [-0.3, -0.25) is 9.69 Å². The molecule has 0 unspecified atom stereocenters. The molecule has 0 spiro atoms. The first-order valence-corrected chi connectivity index (χ1v) is 8.87. The number of hydrogen-bond acceptors (Lipinski definition) is 4. The van der Waals surface area contributed by atoms with Gasteiger partial charge in [0.25, 0.3) is 5.91 Å². The van der Waals surface area contributed by atoms with Gasteiger partial charge in [0.05, 0.1) is 7.11 Å². The lowest BCUT2D eigenvalue weighted by atomic mass is 10.2. The van der Waals surface area contributed by atoms with Gasteiger partial charge in [0.15, 0.2) is 17.1 Å². The van der Waals surface area contributed by atoms with E-state index in [1.807, 2.05) is 29.2 Å². The Bertz CT molecular complexity index is 896. The molecule has 0 N–H and O–H groups in total. The predicted octanol–water partition coefficient (Wildman–Crippen LogP) is 3.40. The number of rotatable bonds is 4. The van der Waals surface area contributed by atoms with E-state index in [-0.39, 0.29) is 5.91 Å². The molecule has 5 nitrogen and oxygen atoms in total. The fourth-order valence-corrected chi connectivity index (χ4v) is 3.41. The second-order valence-electron chi connectivity index (χ2n) is 6.54. The van der Waals surface area contributed by atoms with Gasteiger partial charge in [-0.15, -0.1) is 0 Å². The average Bonchev–Trinajstić information content (AvgIpc) is 3.13. The highest BCUT2D eigenvalue weighted by Crippen LogP contribution is 2.29. The molecule has 0 bridgehead atoms. The number of hydrogen-bond donors (Lipinski definition) is 0. The van der Waals surface area contributed by atoms with Gasteiger partial charge < -0.3 is 14.1 Å². The molecule has 0 radical (unpaired) electrons. The molecule has 0 aliphatic carbocycles. The summed E-state index contributed by atoms with van der Waals surface area (Å²) in [7, 11) is 1.60. The van der Waals surface area contributed by atoms with Crippen molar-refractivity contribution >= 4 is 16.9 Å². The summed E-state index contributed by atoms with van der Waals surface area (Å²) in [5.74, 6) is 0.970. The molecule has 1 fully saturated rings. The summed E-state index contributed by atoms with van der Waals surface area (Å²) in [5.41, 5.74) is 1.93. The fourth-order valence-electron chi connectivity index (χ4n) is 3.41. The van der Waals surface area contributed by atoms with Gasteiger partial charge in [-0.25, -0.2) is 0 Å². The molecular weight excluding hydrogens is 328 g/mol. The van der Waals surface area contributed by atoms with Gasteiger partial charge in [0.2, 0.25) is 0 Å². The Kier molecular flexibility index (Phi) is 4.63. The third-order valence-corrected chi connectivity index (χ3v) is 4.85. The maximum atomic E-state index is 12.8. The van der Waals surface area contributed by atoms with Crippen molar-refractivity contribution in [3.63, 3.8) is 0 Å². The molecule has 4 rings (SSSR count). The number of methoxy groups -OCH3 is 1. The Labute approximate surface area is 152 Å². The van der Waals surface area contributed by atoms with E-state index in [1.165, 1.54) is 5.56 Å². The Morgan fingerprint density at radius 2 is 1.81 bits per heavy atom. The number of fused-ring (bicyclic) bond motifs is 1. The van der Waals surface area contributed by atoms with Crippen LogP contribution in [0.3, 0.4) is 0 Å². The minimum atomic E-state index is -0.0531. The van der Waals surface area contributed by atoms with Crippen LogP contribution in [0.25, 0.3) is 11.0 Å².